The van der Waals surface area contributed by atoms with Gasteiger partial charge < -0.3 is 14.5 Å². The normalized spacial score (nSPS) is 18.4. The standard InChI is InChI=1S/C13H13NO2/c1-2-4-13(16-9-11-8-15-11)12(3-1)10-5-6-14-7-10/h1-7,11,14H,8-9H2. The van der Waals surface area contributed by atoms with Gasteiger partial charge in [-0.1, -0.05) is 18.2 Å². The lowest BCUT2D eigenvalue weighted by Crippen LogP contribution is -2.04. The third-order valence-electron chi connectivity index (χ3n) is 2.62. The van der Waals surface area contributed by atoms with E-state index < -0.39 is 0 Å². The molecule has 0 amide bonds. The summed E-state index contributed by atoms with van der Waals surface area (Å²) < 4.78 is 10.9. The first kappa shape index (κ1) is 9.48. The lowest BCUT2D eigenvalue weighted by Gasteiger charge is -2.09. The van der Waals surface area contributed by atoms with Crippen LogP contribution < -0.4 is 4.74 Å². The monoisotopic (exact) mass is 215 g/mol. The molecular weight excluding hydrogens is 202 g/mol. The number of H-pyrrole nitrogens is 1. The van der Waals surface area contributed by atoms with Crippen LogP contribution >= 0.6 is 0 Å². The minimum atomic E-state index is 0.291. The Hall–Kier alpha value is -1.74. The van der Waals surface area contributed by atoms with Gasteiger partial charge in [-0.2, -0.15) is 0 Å². The summed E-state index contributed by atoms with van der Waals surface area (Å²) in [5.41, 5.74) is 2.26. The molecule has 2 heterocycles. The molecule has 16 heavy (non-hydrogen) atoms. The van der Waals surface area contributed by atoms with Crippen LogP contribution in [-0.4, -0.2) is 24.3 Å². The van der Waals surface area contributed by atoms with E-state index >= 15 is 0 Å². The largest absolute Gasteiger partial charge is 0.490 e. The zero-order valence-electron chi connectivity index (χ0n) is 8.85. The zero-order valence-corrected chi connectivity index (χ0v) is 8.85. The Morgan fingerprint density at radius 3 is 2.94 bits per heavy atom. The van der Waals surface area contributed by atoms with E-state index in [0.717, 1.165) is 23.5 Å². The van der Waals surface area contributed by atoms with Gasteiger partial charge in [-0.05, 0) is 12.1 Å². The van der Waals surface area contributed by atoms with E-state index in [-0.39, 0.29) is 0 Å². The van der Waals surface area contributed by atoms with Crippen LogP contribution in [0.1, 0.15) is 0 Å². The second-order valence-electron chi connectivity index (χ2n) is 3.86. The van der Waals surface area contributed by atoms with E-state index in [9.17, 15) is 0 Å². The molecule has 1 atom stereocenters. The van der Waals surface area contributed by atoms with E-state index in [0.29, 0.717) is 12.7 Å². The van der Waals surface area contributed by atoms with Gasteiger partial charge in [0.2, 0.25) is 0 Å². The van der Waals surface area contributed by atoms with Crippen molar-refractivity contribution in [2.24, 2.45) is 0 Å². The first-order chi connectivity index (χ1) is 7.93. The number of epoxide rings is 1. The second-order valence-corrected chi connectivity index (χ2v) is 3.86. The molecule has 82 valence electrons. The fourth-order valence-corrected chi connectivity index (χ4v) is 1.67. The van der Waals surface area contributed by atoms with Gasteiger partial charge in [0.25, 0.3) is 0 Å². The first-order valence-electron chi connectivity index (χ1n) is 5.40. The van der Waals surface area contributed by atoms with Crippen molar-refractivity contribution in [3.8, 4) is 16.9 Å². The van der Waals surface area contributed by atoms with E-state index in [4.69, 9.17) is 9.47 Å². The molecule has 1 N–H and O–H groups in total. The Morgan fingerprint density at radius 1 is 1.31 bits per heavy atom. The quantitative estimate of drug-likeness (QED) is 0.795. The maximum atomic E-state index is 5.75. The number of nitrogens with one attached hydrogen (secondary N) is 1. The summed E-state index contributed by atoms with van der Waals surface area (Å²) in [7, 11) is 0. The van der Waals surface area contributed by atoms with Crippen LogP contribution in [0.3, 0.4) is 0 Å². The molecule has 1 saturated heterocycles. The highest BCUT2D eigenvalue weighted by Crippen LogP contribution is 2.29. The number of aromatic amines is 1. The average Bonchev–Trinajstić information content (AvgIpc) is 3.00. The van der Waals surface area contributed by atoms with Gasteiger partial charge in [-0.3, -0.25) is 0 Å². The highest BCUT2D eigenvalue weighted by atomic mass is 16.6. The highest BCUT2D eigenvalue weighted by molar-refractivity contribution is 5.69. The average molecular weight is 215 g/mol. The fraction of sp³-hybridized carbons (Fsp3) is 0.231. The van der Waals surface area contributed by atoms with Gasteiger partial charge in [0, 0.05) is 23.5 Å². The predicted octanol–water partition coefficient (Wildman–Crippen LogP) is 2.46. The van der Waals surface area contributed by atoms with Gasteiger partial charge in [0.1, 0.15) is 18.5 Å². The van der Waals surface area contributed by atoms with E-state index in [1.807, 2.05) is 36.7 Å². The number of aromatic nitrogens is 1. The summed E-state index contributed by atoms with van der Waals surface area (Å²) in [5, 5.41) is 0. The molecule has 3 heteroatoms. The fourth-order valence-electron chi connectivity index (χ4n) is 1.67. The molecule has 1 aliphatic heterocycles. The molecule has 1 fully saturated rings. The molecule has 1 aromatic carbocycles. The lowest BCUT2D eigenvalue weighted by atomic mass is 10.1. The number of para-hydroxylation sites is 1. The molecule has 0 aliphatic carbocycles. The van der Waals surface area contributed by atoms with Crippen molar-refractivity contribution >= 4 is 0 Å². The van der Waals surface area contributed by atoms with Gasteiger partial charge in [-0.25, -0.2) is 0 Å². The minimum absolute atomic E-state index is 0.291. The molecule has 1 aliphatic rings. The Bertz CT molecular complexity index is 461. The Labute approximate surface area is 94.0 Å². The maximum absolute atomic E-state index is 5.75. The van der Waals surface area contributed by atoms with Gasteiger partial charge in [-0.15, -0.1) is 0 Å². The van der Waals surface area contributed by atoms with Crippen LogP contribution in [0.15, 0.2) is 42.7 Å². The number of hydrogen-bond donors (Lipinski definition) is 1. The molecule has 0 radical (unpaired) electrons. The third-order valence-corrected chi connectivity index (χ3v) is 2.62. The van der Waals surface area contributed by atoms with Crippen LogP contribution in [0.5, 0.6) is 5.75 Å². The molecule has 0 bridgehead atoms. The van der Waals surface area contributed by atoms with Crippen LogP contribution in [0, 0.1) is 0 Å². The first-order valence-corrected chi connectivity index (χ1v) is 5.40. The van der Waals surface area contributed by atoms with Gasteiger partial charge in [0.05, 0.1) is 6.61 Å². The van der Waals surface area contributed by atoms with Crippen molar-refractivity contribution in [2.75, 3.05) is 13.2 Å². The number of ether oxygens (including phenoxy) is 2. The van der Waals surface area contributed by atoms with E-state index in [2.05, 4.69) is 11.1 Å². The Balaban J connectivity index is 1.85. The van der Waals surface area contributed by atoms with Crippen molar-refractivity contribution in [2.45, 2.75) is 6.10 Å². The highest BCUT2D eigenvalue weighted by Gasteiger charge is 2.23. The van der Waals surface area contributed by atoms with Gasteiger partial charge >= 0.3 is 0 Å². The molecule has 0 saturated carbocycles. The van der Waals surface area contributed by atoms with Crippen molar-refractivity contribution < 1.29 is 9.47 Å². The van der Waals surface area contributed by atoms with Crippen molar-refractivity contribution in [1.29, 1.82) is 0 Å². The molecule has 3 rings (SSSR count). The molecule has 2 aromatic rings. The predicted molar refractivity (Wildman–Crippen MR) is 61.5 cm³/mol. The number of hydrogen-bond acceptors (Lipinski definition) is 2. The number of rotatable bonds is 4. The topological polar surface area (TPSA) is 37.5 Å². The Morgan fingerprint density at radius 2 is 2.19 bits per heavy atom. The van der Waals surface area contributed by atoms with Crippen LogP contribution in [0.2, 0.25) is 0 Å². The maximum Gasteiger partial charge on any atom is 0.127 e. The summed E-state index contributed by atoms with van der Waals surface area (Å²) in [6.45, 7) is 1.47. The van der Waals surface area contributed by atoms with Gasteiger partial charge in [0.15, 0.2) is 0 Å². The Kier molecular flexibility index (Phi) is 2.38. The summed E-state index contributed by atoms with van der Waals surface area (Å²) >= 11 is 0. The van der Waals surface area contributed by atoms with Crippen molar-refractivity contribution in [1.82, 2.24) is 4.98 Å². The lowest BCUT2D eigenvalue weighted by molar-refractivity contribution is 0.264. The zero-order chi connectivity index (χ0) is 10.8. The van der Waals surface area contributed by atoms with E-state index in [1.54, 1.807) is 0 Å². The molecule has 1 aromatic heterocycles. The van der Waals surface area contributed by atoms with Crippen LogP contribution in [0.25, 0.3) is 11.1 Å². The second kappa shape index (κ2) is 4.02. The SMILES string of the molecule is c1ccc(-c2cc[nH]c2)c(OCC2CO2)c1. The molecule has 0 spiro atoms. The number of benzene rings is 1. The van der Waals surface area contributed by atoms with Crippen molar-refractivity contribution in [3.05, 3.63) is 42.7 Å². The summed E-state index contributed by atoms with van der Waals surface area (Å²) in [5.74, 6) is 0.914. The summed E-state index contributed by atoms with van der Waals surface area (Å²) in [6.07, 6.45) is 4.17. The summed E-state index contributed by atoms with van der Waals surface area (Å²) in [6, 6.07) is 10.1. The smallest absolute Gasteiger partial charge is 0.127 e. The molecule has 1 unspecified atom stereocenters. The van der Waals surface area contributed by atoms with Crippen LogP contribution in [0.4, 0.5) is 0 Å². The van der Waals surface area contributed by atoms with Crippen molar-refractivity contribution in [3.63, 3.8) is 0 Å². The third kappa shape index (κ3) is 1.95. The summed E-state index contributed by atoms with van der Waals surface area (Å²) in [4.78, 5) is 3.05. The van der Waals surface area contributed by atoms with Crippen LogP contribution in [-0.2, 0) is 4.74 Å². The molecular formula is C13H13NO2. The van der Waals surface area contributed by atoms with E-state index in [1.165, 1.54) is 0 Å². The minimum Gasteiger partial charge on any atom is -0.490 e. The molecule has 3 nitrogen and oxygen atoms in total.